The van der Waals surface area contributed by atoms with Gasteiger partial charge in [-0.05, 0) is 18.6 Å². The molecule has 0 saturated carbocycles. The zero-order valence-electron chi connectivity index (χ0n) is 11.0. The van der Waals surface area contributed by atoms with Gasteiger partial charge >= 0.3 is 0 Å². The highest BCUT2D eigenvalue weighted by atomic mass is 35.5. The van der Waals surface area contributed by atoms with Gasteiger partial charge in [0.05, 0.1) is 12.6 Å². The van der Waals surface area contributed by atoms with Gasteiger partial charge in [-0.1, -0.05) is 29.8 Å². The zero-order chi connectivity index (χ0) is 13.8. The Morgan fingerprint density at radius 3 is 2.84 bits per heavy atom. The van der Waals surface area contributed by atoms with Crippen molar-refractivity contribution >= 4 is 17.5 Å². The van der Waals surface area contributed by atoms with Gasteiger partial charge in [-0.3, -0.25) is 9.69 Å². The number of hydrogen-bond donors (Lipinski definition) is 2. The van der Waals surface area contributed by atoms with Crippen LogP contribution in [-0.4, -0.2) is 42.2 Å². The monoisotopic (exact) mass is 282 g/mol. The molecule has 0 radical (unpaired) electrons. The number of halogens is 1. The molecule has 1 aliphatic heterocycles. The van der Waals surface area contributed by atoms with Gasteiger partial charge in [-0.2, -0.15) is 0 Å². The largest absolute Gasteiger partial charge is 0.396 e. The lowest BCUT2D eigenvalue weighted by Gasteiger charge is -2.37. The molecule has 1 heterocycles. The Morgan fingerprint density at radius 2 is 2.21 bits per heavy atom. The molecular weight excluding hydrogens is 264 g/mol. The number of carbonyl (C=O) groups is 1. The molecule has 0 spiro atoms. The van der Waals surface area contributed by atoms with E-state index in [9.17, 15) is 4.79 Å². The van der Waals surface area contributed by atoms with Crippen molar-refractivity contribution in [3.05, 3.63) is 34.9 Å². The number of rotatable bonds is 5. The highest BCUT2D eigenvalue weighted by Gasteiger charge is 2.27. The van der Waals surface area contributed by atoms with Crippen LogP contribution in [0.1, 0.15) is 18.5 Å². The van der Waals surface area contributed by atoms with E-state index in [4.69, 9.17) is 16.7 Å². The molecule has 1 fully saturated rings. The molecule has 4 nitrogen and oxygen atoms in total. The number of carbonyl (C=O) groups excluding carboxylic acids is 1. The van der Waals surface area contributed by atoms with Crippen molar-refractivity contribution < 1.29 is 9.90 Å². The van der Waals surface area contributed by atoms with E-state index in [1.807, 2.05) is 36.1 Å². The van der Waals surface area contributed by atoms with Crippen molar-refractivity contribution in [1.29, 1.82) is 0 Å². The lowest BCUT2D eigenvalue weighted by atomic mass is 10.0. The highest BCUT2D eigenvalue weighted by Crippen LogP contribution is 2.22. The number of hydrogen-bond acceptors (Lipinski definition) is 3. The van der Waals surface area contributed by atoms with Crippen LogP contribution in [0, 0.1) is 5.92 Å². The third-order valence-corrected chi connectivity index (χ3v) is 3.75. The van der Waals surface area contributed by atoms with E-state index < -0.39 is 0 Å². The fourth-order valence-corrected chi connectivity index (χ4v) is 2.62. The standard InChI is InChI=1S/C14H19ClN2O2/c1-10(12-4-2-3-5-13(12)15)16-14(19)8-17-6-11(7-17)9-18/h2-5,10-11,18H,6-9H2,1H3,(H,16,19). The van der Waals surface area contributed by atoms with Crippen molar-refractivity contribution in [2.45, 2.75) is 13.0 Å². The zero-order valence-corrected chi connectivity index (χ0v) is 11.7. The van der Waals surface area contributed by atoms with Gasteiger partial charge in [-0.25, -0.2) is 0 Å². The first-order chi connectivity index (χ1) is 9.10. The van der Waals surface area contributed by atoms with E-state index in [-0.39, 0.29) is 18.6 Å². The topological polar surface area (TPSA) is 52.6 Å². The van der Waals surface area contributed by atoms with Crippen molar-refractivity contribution in [3.63, 3.8) is 0 Å². The molecular formula is C14H19ClN2O2. The third kappa shape index (κ3) is 3.69. The van der Waals surface area contributed by atoms with Gasteiger partial charge in [-0.15, -0.1) is 0 Å². The molecule has 1 unspecified atom stereocenters. The summed E-state index contributed by atoms with van der Waals surface area (Å²) in [7, 11) is 0. The SMILES string of the molecule is CC(NC(=O)CN1CC(CO)C1)c1ccccc1Cl. The fourth-order valence-electron chi connectivity index (χ4n) is 2.32. The minimum atomic E-state index is -0.101. The summed E-state index contributed by atoms with van der Waals surface area (Å²) in [6.07, 6.45) is 0. The summed E-state index contributed by atoms with van der Waals surface area (Å²) in [6, 6.07) is 7.41. The summed E-state index contributed by atoms with van der Waals surface area (Å²) >= 11 is 6.10. The maximum absolute atomic E-state index is 11.9. The lowest BCUT2D eigenvalue weighted by molar-refractivity contribution is -0.124. The summed E-state index contributed by atoms with van der Waals surface area (Å²) in [5.74, 6) is 0.317. The second-order valence-electron chi connectivity index (χ2n) is 5.05. The molecule has 0 bridgehead atoms. The van der Waals surface area contributed by atoms with E-state index in [0.29, 0.717) is 17.5 Å². The third-order valence-electron chi connectivity index (χ3n) is 3.41. The van der Waals surface area contributed by atoms with E-state index in [0.717, 1.165) is 18.7 Å². The molecule has 1 aromatic carbocycles. The fraction of sp³-hybridized carbons (Fsp3) is 0.500. The molecule has 1 aliphatic rings. The van der Waals surface area contributed by atoms with Crippen LogP contribution in [0.2, 0.25) is 5.02 Å². The molecule has 1 atom stereocenters. The summed E-state index contributed by atoms with van der Waals surface area (Å²) < 4.78 is 0. The summed E-state index contributed by atoms with van der Waals surface area (Å²) in [5, 5.41) is 12.5. The van der Waals surface area contributed by atoms with Crippen LogP contribution < -0.4 is 5.32 Å². The predicted octanol–water partition coefficient (Wildman–Crippen LogP) is 1.44. The molecule has 0 aliphatic carbocycles. The van der Waals surface area contributed by atoms with Crippen molar-refractivity contribution in [2.75, 3.05) is 26.2 Å². The molecule has 2 rings (SSSR count). The molecule has 5 heteroatoms. The Balaban J connectivity index is 1.81. The number of aliphatic hydroxyl groups is 1. The van der Waals surface area contributed by atoms with Gasteiger partial charge in [0.25, 0.3) is 0 Å². The second-order valence-corrected chi connectivity index (χ2v) is 5.46. The molecule has 1 amide bonds. The quantitative estimate of drug-likeness (QED) is 0.859. The summed E-state index contributed by atoms with van der Waals surface area (Å²) in [5.41, 5.74) is 0.925. The maximum atomic E-state index is 11.9. The van der Waals surface area contributed by atoms with Crippen molar-refractivity contribution in [2.24, 2.45) is 5.92 Å². The Bertz CT molecular complexity index is 447. The number of nitrogens with zero attached hydrogens (tertiary/aromatic N) is 1. The molecule has 2 N–H and O–H groups in total. The number of aliphatic hydroxyl groups excluding tert-OH is 1. The average molecular weight is 283 g/mol. The minimum absolute atomic E-state index is 0.0104. The highest BCUT2D eigenvalue weighted by molar-refractivity contribution is 6.31. The van der Waals surface area contributed by atoms with Crippen LogP contribution in [0.4, 0.5) is 0 Å². The number of amides is 1. The Kier molecular flexibility index (Phi) is 4.80. The van der Waals surface area contributed by atoms with E-state index in [1.165, 1.54) is 0 Å². The van der Waals surface area contributed by atoms with Crippen LogP contribution >= 0.6 is 11.6 Å². The Morgan fingerprint density at radius 1 is 1.53 bits per heavy atom. The Labute approximate surface area is 118 Å². The first kappa shape index (κ1) is 14.3. The normalized spacial score (nSPS) is 17.8. The van der Waals surface area contributed by atoms with Gasteiger partial charge < -0.3 is 10.4 Å². The van der Waals surface area contributed by atoms with E-state index in [1.54, 1.807) is 0 Å². The average Bonchev–Trinajstić information content (AvgIpc) is 2.33. The van der Waals surface area contributed by atoms with Crippen LogP contribution in [0.5, 0.6) is 0 Å². The van der Waals surface area contributed by atoms with Crippen molar-refractivity contribution in [1.82, 2.24) is 10.2 Å². The maximum Gasteiger partial charge on any atom is 0.234 e. The number of benzene rings is 1. The van der Waals surface area contributed by atoms with E-state index >= 15 is 0 Å². The van der Waals surface area contributed by atoms with Gasteiger partial charge in [0, 0.05) is 30.6 Å². The summed E-state index contributed by atoms with van der Waals surface area (Å²) in [6.45, 7) is 4.10. The number of likely N-dealkylation sites (tertiary alicyclic amines) is 1. The first-order valence-electron chi connectivity index (χ1n) is 6.47. The smallest absolute Gasteiger partial charge is 0.234 e. The van der Waals surface area contributed by atoms with Gasteiger partial charge in [0.1, 0.15) is 0 Å². The predicted molar refractivity (Wildman–Crippen MR) is 75.0 cm³/mol. The van der Waals surface area contributed by atoms with E-state index in [2.05, 4.69) is 5.32 Å². The minimum Gasteiger partial charge on any atom is -0.396 e. The molecule has 104 valence electrons. The van der Waals surface area contributed by atoms with Gasteiger partial charge in [0.15, 0.2) is 0 Å². The van der Waals surface area contributed by atoms with Crippen LogP contribution in [0.15, 0.2) is 24.3 Å². The van der Waals surface area contributed by atoms with Crippen LogP contribution in [0.3, 0.4) is 0 Å². The molecule has 1 aromatic rings. The lowest BCUT2D eigenvalue weighted by Crippen LogP contribution is -2.52. The first-order valence-corrected chi connectivity index (χ1v) is 6.85. The second kappa shape index (κ2) is 6.37. The van der Waals surface area contributed by atoms with Gasteiger partial charge in [0.2, 0.25) is 5.91 Å². The van der Waals surface area contributed by atoms with Crippen molar-refractivity contribution in [3.8, 4) is 0 Å². The van der Waals surface area contributed by atoms with Crippen LogP contribution in [-0.2, 0) is 4.79 Å². The Hall–Kier alpha value is -1.10. The molecule has 0 aromatic heterocycles. The number of nitrogens with one attached hydrogen (secondary N) is 1. The van der Waals surface area contributed by atoms with Crippen LogP contribution in [0.25, 0.3) is 0 Å². The molecule has 1 saturated heterocycles. The summed E-state index contributed by atoms with van der Waals surface area (Å²) in [4.78, 5) is 13.9. The molecule has 19 heavy (non-hydrogen) atoms.